The zero-order chi connectivity index (χ0) is 21.5. The summed E-state index contributed by atoms with van der Waals surface area (Å²) in [6, 6.07) is 15.2. The van der Waals surface area contributed by atoms with E-state index >= 15 is 0 Å². The molecule has 0 spiro atoms. The van der Waals surface area contributed by atoms with E-state index in [-0.39, 0.29) is 24.4 Å². The average molecular weight is 493 g/mol. The maximum Gasteiger partial charge on any atom is 0.276 e. The van der Waals surface area contributed by atoms with Crippen LogP contribution in [-0.2, 0) is 6.54 Å². The van der Waals surface area contributed by atoms with Crippen molar-refractivity contribution in [3.05, 3.63) is 80.1 Å². The third-order valence-corrected chi connectivity index (χ3v) is 4.77. The maximum absolute atomic E-state index is 12.7. The monoisotopic (exact) mass is 491 g/mol. The summed E-state index contributed by atoms with van der Waals surface area (Å²) >= 11 is 9.47. The van der Waals surface area contributed by atoms with Crippen LogP contribution in [0, 0.1) is 0 Å². The van der Waals surface area contributed by atoms with E-state index in [2.05, 4.69) is 26.3 Å². The number of aromatic nitrogens is 2. The molecule has 0 atom stereocenters. The van der Waals surface area contributed by atoms with Gasteiger partial charge in [0, 0.05) is 11.1 Å². The van der Waals surface area contributed by atoms with Gasteiger partial charge in [0.2, 0.25) is 0 Å². The van der Waals surface area contributed by atoms with Gasteiger partial charge < -0.3 is 14.8 Å². The minimum absolute atomic E-state index is 0.0767. The van der Waals surface area contributed by atoms with E-state index in [9.17, 15) is 9.59 Å². The Morgan fingerprint density at radius 2 is 1.93 bits per heavy atom. The van der Waals surface area contributed by atoms with Gasteiger partial charge in [0.05, 0.1) is 23.3 Å². The standard InChI is InChI=1S/C21H19BrClN3O4/c1-2-29-20-16(22)12-14(23)13-18(20)24-21(28)17-8-9-19(27)26(25-17)10-11-30-15-6-4-3-5-7-15/h3-9,12-13H,2,10-11H2,1H3,(H,24,28). The molecule has 0 saturated carbocycles. The molecule has 0 radical (unpaired) electrons. The Balaban J connectivity index is 1.74. The molecule has 3 aromatic rings. The number of nitrogens with one attached hydrogen (secondary N) is 1. The maximum atomic E-state index is 12.7. The number of nitrogens with zero attached hydrogens (tertiary/aromatic N) is 2. The molecule has 0 aliphatic rings. The lowest BCUT2D eigenvalue weighted by Crippen LogP contribution is -2.28. The van der Waals surface area contributed by atoms with Crippen molar-refractivity contribution in [2.45, 2.75) is 13.5 Å². The Morgan fingerprint density at radius 1 is 1.17 bits per heavy atom. The minimum Gasteiger partial charge on any atom is -0.492 e. The smallest absolute Gasteiger partial charge is 0.276 e. The van der Waals surface area contributed by atoms with E-state index in [1.165, 1.54) is 16.8 Å². The van der Waals surface area contributed by atoms with Crippen molar-refractivity contribution in [1.29, 1.82) is 0 Å². The number of benzene rings is 2. The van der Waals surface area contributed by atoms with Crippen LogP contribution in [0.1, 0.15) is 17.4 Å². The highest BCUT2D eigenvalue weighted by atomic mass is 79.9. The minimum atomic E-state index is -0.497. The summed E-state index contributed by atoms with van der Waals surface area (Å²) in [5.74, 6) is 0.650. The lowest BCUT2D eigenvalue weighted by Gasteiger charge is -2.14. The second kappa shape index (κ2) is 10.3. The highest BCUT2D eigenvalue weighted by Crippen LogP contribution is 2.36. The zero-order valence-corrected chi connectivity index (χ0v) is 18.4. The molecule has 9 heteroatoms. The van der Waals surface area contributed by atoms with Crippen molar-refractivity contribution in [1.82, 2.24) is 9.78 Å². The summed E-state index contributed by atoms with van der Waals surface area (Å²) in [5, 5.41) is 7.31. The first-order chi connectivity index (χ1) is 14.5. The molecular weight excluding hydrogens is 474 g/mol. The van der Waals surface area contributed by atoms with Gasteiger partial charge in [0.15, 0.2) is 5.75 Å². The molecule has 30 heavy (non-hydrogen) atoms. The fourth-order valence-electron chi connectivity index (χ4n) is 2.63. The van der Waals surface area contributed by atoms with Gasteiger partial charge in [0.1, 0.15) is 18.1 Å². The van der Waals surface area contributed by atoms with Crippen molar-refractivity contribution in [3.8, 4) is 11.5 Å². The molecular formula is C21H19BrClN3O4. The van der Waals surface area contributed by atoms with Gasteiger partial charge in [-0.05, 0) is 53.2 Å². The molecule has 1 amide bonds. The van der Waals surface area contributed by atoms with Crippen LogP contribution in [0.4, 0.5) is 5.69 Å². The Kier molecular flexibility index (Phi) is 7.48. The molecule has 0 saturated heterocycles. The van der Waals surface area contributed by atoms with Crippen LogP contribution in [0.3, 0.4) is 0 Å². The molecule has 7 nitrogen and oxygen atoms in total. The molecule has 156 valence electrons. The topological polar surface area (TPSA) is 82.5 Å². The molecule has 1 heterocycles. The lowest BCUT2D eigenvalue weighted by atomic mass is 10.2. The molecule has 1 N–H and O–H groups in total. The summed E-state index contributed by atoms with van der Waals surface area (Å²) in [5.41, 5.74) is 0.143. The molecule has 2 aromatic carbocycles. The summed E-state index contributed by atoms with van der Waals surface area (Å²) in [4.78, 5) is 24.8. The summed E-state index contributed by atoms with van der Waals surface area (Å²) in [6.07, 6.45) is 0. The van der Waals surface area contributed by atoms with Gasteiger partial charge in [0.25, 0.3) is 11.5 Å². The number of carbonyl (C=O) groups is 1. The van der Waals surface area contributed by atoms with Crippen LogP contribution in [0.5, 0.6) is 11.5 Å². The summed E-state index contributed by atoms with van der Waals surface area (Å²) in [7, 11) is 0. The normalized spacial score (nSPS) is 10.5. The first kappa shape index (κ1) is 21.9. The third kappa shape index (κ3) is 5.61. The highest BCUT2D eigenvalue weighted by molar-refractivity contribution is 9.10. The average Bonchev–Trinajstić information content (AvgIpc) is 2.72. The number of para-hydroxylation sites is 1. The molecule has 1 aromatic heterocycles. The molecule has 0 fully saturated rings. The van der Waals surface area contributed by atoms with E-state index in [0.717, 1.165) is 0 Å². The third-order valence-electron chi connectivity index (χ3n) is 3.96. The van der Waals surface area contributed by atoms with Crippen LogP contribution in [0.25, 0.3) is 0 Å². The van der Waals surface area contributed by atoms with Crippen LogP contribution in [-0.4, -0.2) is 28.9 Å². The number of hydrogen-bond acceptors (Lipinski definition) is 5. The fraction of sp³-hybridized carbons (Fsp3) is 0.190. The van der Waals surface area contributed by atoms with E-state index in [1.807, 2.05) is 37.3 Å². The molecule has 0 aliphatic carbocycles. The van der Waals surface area contributed by atoms with Gasteiger partial charge in [-0.3, -0.25) is 9.59 Å². The largest absolute Gasteiger partial charge is 0.492 e. The van der Waals surface area contributed by atoms with Gasteiger partial charge in [-0.2, -0.15) is 5.10 Å². The Hall–Kier alpha value is -2.84. The lowest BCUT2D eigenvalue weighted by molar-refractivity contribution is 0.101. The number of amides is 1. The highest BCUT2D eigenvalue weighted by Gasteiger charge is 2.16. The van der Waals surface area contributed by atoms with E-state index in [1.54, 1.807) is 12.1 Å². The van der Waals surface area contributed by atoms with Crippen molar-refractivity contribution in [3.63, 3.8) is 0 Å². The number of halogens is 2. The summed E-state index contributed by atoms with van der Waals surface area (Å²) in [6.45, 7) is 2.68. The molecule has 0 aliphatic heterocycles. The Morgan fingerprint density at radius 3 is 2.67 bits per heavy atom. The second-order valence-electron chi connectivity index (χ2n) is 6.09. The predicted molar refractivity (Wildman–Crippen MR) is 119 cm³/mol. The first-order valence-corrected chi connectivity index (χ1v) is 10.3. The van der Waals surface area contributed by atoms with E-state index in [4.69, 9.17) is 21.1 Å². The van der Waals surface area contributed by atoms with Crippen molar-refractivity contribution in [2.24, 2.45) is 0 Å². The van der Waals surface area contributed by atoms with Crippen LogP contribution < -0.4 is 20.3 Å². The number of carbonyl (C=O) groups excluding carboxylic acids is 1. The quantitative estimate of drug-likeness (QED) is 0.504. The number of ether oxygens (including phenoxy) is 2. The van der Waals surface area contributed by atoms with Gasteiger partial charge >= 0.3 is 0 Å². The van der Waals surface area contributed by atoms with Crippen LogP contribution in [0.15, 0.2) is 63.9 Å². The Bertz CT molecular complexity index is 1090. The van der Waals surface area contributed by atoms with Gasteiger partial charge in [-0.25, -0.2) is 4.68 Å². The summed E-state index contributed by atoms with van der Waals surface area (Å²) < 4.78 is 13.0. The fourth-order valence-corrected chi connectivity index (χ4v) is 3.55. The van der Waals surface area contributed by atoms with Crippen molar-refractivity contribution >= 4 is 39.1 Å². The zero-order valence-electron chi connectivity index (χ0n) is 16.1. The van der Waals surface area contributed by atoms with Gasteiger partial charge in [-0.1, -0.05) is 29.8 Å². The molecule has 0 unspecified atom stereocenters. The SMILES string of the molecule is CCOc1c(Br)cc(Cl)cc1NC(=O)c1ccc(=O)n(CCOc2ccccc2)n1. The van der Waals surface area contributed by atoms with Crippen LogP contribution in [0.2, 0.25) is 5.02 Å². The first-order valence-electron chi connectivity index (χ1n) is 9.17. The number of hydrogen-bond donors (Lipinski definition) is 1. The van der Waals surface area contributed by atoms with Gasteiger partial charge in [-0.15, -0.1) is 0 Å². The predicted octanol–water partition coefficient (Wildman–Crippen LogP) is 4.39. The number of anilines is 1. The number of rotatable bonds is 8. The molecule has 0 bridgehead atoms. The molecule has 3 rings (SSSR count). The van der Waals surface area contributed by atoms with Crippen molar-refractivity contribution in [2.75, 3.05) is 18.5 Å². The van der Waals surface area contributed by atoms with E-state index in [0.29, 0.717) is 33.3 Å². The second-order valence-corrected chi connectivity index (χ2v) is 7.38. The van der Waals surface area contributed by atoms with Crippen molar-refractivity contribution < 1.29 is 14.3 Å². The van der Waals surface area contributed by atoms with E-state index < -0.39 is 5.91 Å². The van der Waals surface area contributed by atoms with Crippen LogP contribution >= 0.6 is 27.5 Å². The Labute approximate surface area is 186 Å².